The van der Waals surface area contributed by atoms with E-state index in [9.17, 15) is 5.26 Å². The standard InChI is InChI=1S/C16H17N3S/c1-12-11-20-16(18-12)15(9-17)10-19(3)13(2)14-7-5-4-6-8-14/h4-8,10-11,13H,1-3H3/b15-10+/t13-/m0/s1. The molecule has 0 saturated carbocycles. The summed E-state index contributed by atoms with van der Waals surface area (Å²) in [6.07, 6.45) is 1.87. The summed E-state index contributed by atoms with van der Waals surface area (Å²) in [7, 11) is 1.98. The van der Waals surface area contributed by atoms with Gasteiger partial charge in [0.2, 0.25) is 0 Å². The van der Waals surface area contributed by atoms with Crippen LogP contribution in [0.15, 0.2) is 41.9 Å². The first-order chi connectivity index (χ1) is 9.61. The molecule has 0 amide bonds. The monoisotopic (exact) mass is 283 g/mol. The van der Waals surface area contributed by atoms with E-state index in [1.807, 2.05) is 48.7 Å². The van der Waals surface area contributed by atoms with E-state index in [0.29, 0.717) is 5.57 Å². The Labute approximate surface area is 123 Å². The lowest BCUT2D eigenvalue weighted by Gasteiger charge is -2.23. The zero-order valence-corrected chi connectivity index (χ0v) is 12.7. The minimum Gasteiger partial charge on any atom is -0.373 e. The number of thiazole rings is 1. The number of nitriles is 1. The Morgan fingerprint density at radius 3 is 2.65 bits per heavy atom. The van der Waals surface area contributed by atoms with E-state index < -0.39 is 0 Å². The average Bonchev–Trinajstić information content (AvgIpc) is 2.91. The van der Waals surface area contributed by atoms with Crippen LogP contribution >= 0.6 is 11.3 Å². The lowest BCUT2D eigenvalue weighted by atomic mass is 10.1. The molecule has 2 aromatic rings. The van der Waals surface area contributed by atoms with Gasteiger partial charge in [-0.15, -0.1) is 11.3 Å². The fourth-order valence-corrected chi connectivity index (χ4v) is 2.65. The molecule has 0 aliphatic carbocycles. The molecule has 1 atom stereocenters. The third-order valence-corrected chi connectivity index (χ3v) is 4.19. The molecule has 0 saturated heterocycles. The highest BCUT2D eigenvalue weighted by molar-refractivity contribution is 7.10. The van der Waals surface area contributed by atoms with Crippen molar-refractivity contribution in [1.82, 2.24) is 9.88 Å². The second-order valence-electron chi connectivity index (χ2n) is 4.70. The van der Waals surface area contributed by atoms with Gasteiger partial charge in [-0.3, -0.25) is 0 Å². The predicted molar refractivity (Wildman–Crippen MR) is 83.1 cm³/mol. The molecular weight excluding hydrogens is 266 g/mol. The molecule has 0 aliphatic rings. The van der Waals surface area contributed by atoms with Crippen LogP contribution in [0, 0.1) is 18.3 Å². The van der Waals surface area contributed by atoms with E-state index in [0.717, 1.165) is 10.7 Å². The smallest absolute Gasteiger partial charge is 0.135 e. The van der Waals surface area contributed by atoms with E-state index in [1.165, 1.54) is 16.9 Å². The summed E-state index contributed by atoms with van der Waals surface area (Å²) >= 11 is 1.50. The van der Waals surface area contributed by atoms with Gasteiger partial charge in [0, 0.05) is 24.3 Å². The molecule has 0 fully saturated rings. The molecule has 20 heavy (non-hydrogen) atoms. The Bertz CT molecular complexity index is 637. The van der Waals surface area contributed by atoms with Gasteiger partial charge in [0.1, 0.15) is 16.6 Å². The Morgan fingerprint density at radius 1 is 1.40 bits per heavy atom. The lowest BCUT2D eigenvalue weighted by molar-refractivity contribution is 0.362. The van der Waals surface area contributed by atoms with Crippen LogP contribution in [0.3, 0.4) is 0 Å². The van der Waals surface area contributed by atoms with Crippen molar-refractivity contribution in [1.29, 1.82) is 5.26 Å². The molecule has 3 nitrogen and oxygen atoms in total. The highest BCUT2D eigenvalue weighted by atomic mass is 32.1. The summed E-state index contributed by atoms with van der Waals surface area (Å²) in [4.78, 5) is 6.41. The average molecular weight is 283 g/mol. The first kappa shape index (κ1) is 14.3. The third kappa shape index (κ3) is 3.25. The van der Waals surface area contributed by atoms with E-state index in [2.05, 4.69) is 30.1 Å². The van der Waals surface area contributed by atoms with Crippen molar-refractivity contribution < 1.29 is 0 Å². The third-order valence-electron chi connectivity index (χ3n) is 3.20. The van der Waals surface area contributed by atoms with Gasteiger partial charge in [-0.05, 0) is 19.4 Å². The van der Waals surface area contributed by atoms with Crippen molar-refractivity contribution in [2.75, 3.05) is 7.05 Å². The number of hydrogen-bond acceptors (Lipinski definition) is 4. The maximum atomic E-state index is 9.31. The maximum absolute atomic E-state index is 9.31. The van der Waals surface area contributed by atoms with Crippen molar-refractivity contribution in [3.63, 3.8) is 0 Å². The maximum Gasteiger partial charge on any atom is 0.135 e. The summed E-state index contributed by atoms with van der Waals surface area (Å²) in [5, 5.41) is 12.0. The Balaban J connectivity index is 2.22. The largest absolute Gasteiger partial charge is 0.373 e. The van der Waals surface area contributed by atoms with Crippen molar-refractivity contribution in [3.05, 3.63) is 58.2 Å². The number of aryl methyl sites for hydroxylation is 1. The van der Waals surface area contributed by atoms with Gasteiger partial charge in [-0.2, -0.15) is 5.26 Å². The van der Waals surface area contributed by atoms with Gasteiger partial charge >= 0.3 is 0 Å². The minimum atomic E-state index is 0.209. The van der Waals surface area contributed by atoms with Crippen molar-refractivity contribution >= 4 is 16.9 Å². The molecule has 4 heteroatoms. The van der Waals surface area contributed by atoms with Gasteiger partial charge in [0.15, 0.2) is 0 Å². The van der Waals surface area contributed by atoms with Gasteiger partial charge in [0.25, 0.3) is 0 Å². The molecule has 1 heterocycles. The molecule has 0 radical (unpaired) electrons. The SMILES string of the molecule is Cc1csc(/C(C#N)=C/N(C)[C@@H](C)c2ccccc2)n1. The second kappa shape index (κ2) is 6.36. The highest BCUT2D eigenvalue weighted by Gasteiger charge is 2.11. The zero-order valence-electron chi connectivity index (χ0n) is 11.9. The van der Waals surface area contributed by atoms with E-state index in [1.54, 1.807) is 0 Å². The molecular formula is C16H17N3S. The molecule has 1 aromatic heterocycles. The van der Waals surface area contributed by atoms with Crippen LogP contribution < -0.4 is 0 Å². The van der Waals surface area contributed by atoms with Gasteiger partial charge in [-0.1, -0.05) is 30.3 Å². The van der Waals surface area contributed by atoms with Crippen LogP contribution in [-0.2, 0) is 0 Å². The van der Waals surface area contributed by atoms with E-state index in [4.69, 9.17) is 0 Å². The Kier molecular flexibility index (Phi) is 4.54. The van der Waals surface area contributed by atoms with Crippen molar-refractivity contribution in [3.8, 4) is 6.07 Å². The Morgan fingerprint density at radius 2 is 2.10 bits per heavy atom. The van der Waals surface area contributed by atoms with E-state index in [-0.39, 0.29) is 6.04 Å². The molecule has 0 N–H and O–H groups in total. The summed E-state index contributed by atoms with van der Waals surface area (Å²) in [6.45, 7) is 4.05. The predicted octanol–water partition coefficient (Wildman–Crippen LogP) is 4.01. The first-order valence-corrected chi connectivity index (χ1v) is 7.31. The van der Waals surface area contributed by atoms with E-state index >= 15 is 0 Å². The quantitative estimate of drug-likeness (QED) is 0.796. The molecule has 0 bridgehead atoms. The number of rotatable bonds is 4. The molecule has 2 rings (SSSR count). The summed E-state index contributed by atoms with van der Waals surface area (Å²) < 4.78 is 0. The fourth-order valence-electron chi connectivity index (χ4n) is 1.89. The molecule has 0 unspecified atom stereocenters. The Hall–Kier alpha value is -2.12. The van der Waals surface area contributed by atoms with Crippen molar-refractivity contribution in [2.24, 2.45) is 0 Å². The van der Waals surface area contributed by atoms with Crippen LogP contribution in [0.25, 0.3) is 5.57 Å². The van der Waals surface area contributed by atoms with Gasteiger partial charge in [0.05, 0.1) is 6.04 Å². The van der Waals surface area contributed by atoms with Gasteiger partial charge < -0.3 is 4.90 Å². The summed E-state index contributed by atoms with van der Waals surface area (Å²) in [6, 6.07) is 12.7. The molecule has 102 valence electrons. The van der Waals surface area contributed by atoms with Crippen LogP contribution in [0.2, 0.25) is 0 Å². The number of nitrogens with zero attached hydrogens (tertiary/aromatic N) is 3. The fraction of sp³-hybridized carbons (Fsp3) is 0.250. The number of allylic oxidation sites excluding steroid dienone is 1. The number of aromatic nitrogens is 1. The normalized spacial score (nSPS) is 12.8. The second-order valence-corrected chi connectivity index (χ2v) is 5.56. The minimum absolute atomic E-state index is 0.209. The van der Waals surface area contributed by atoms with Crippen LogP contribution in [-0.4, -0.2) is 16.9 Å². The van der Waals surface area contributed by atoms with Gasteiger partial charge in [-0.25, -0.2) is 4.98 Å². The topological polar surface area (TPSA) is 39.9 Å². The number of hydrogen-bond donors (Lipinski definition) is 0. The summed E-state index contributed by atoms with van der Waals surface area (Å²) in [5.74, 6) is 0. The highest BCUT2D eigenvalue weighted by Crippen LogP contribution is 2.23. The van der Waals surface area contributed by atoms with Crippen molar-refractivity contribution in [2.45, 2.75) is 19.9 Å². The van der Waals surface area contributed by atoms with Crippen LogP contribution in [0.4, 0.5) is 0 Å². The first-order valence-electron chi connectivity index (χ1n) is 6.43. The zero-order chi connectivity index (χ0) is 14.5. The summed E-state index contributed by atoms with van der Waals surface area (Å²) in [5.41, 5.74) is 2.78. The molecule has 0 aliphatic heterocycles. The van der Waals surface area contributed by atoms with Crippen LogP contribution in [0.5, 0.6) is 0 Å². The molecule has 1 aromatic carbocycles. The molecule has 0 spiro atoms. The number of benzene rings is 1. The lowest BCUT2D eigenvalue weighted by Crippen LogP contribution is -2.16. The van der Waals surface area contributed by atoms with Crippen LogP contribution in [0.1, 0.15) is 29.2 Å².